The summed E-state index contributed by atoms with van der Waals surface area (Å²) in [7, 11) is 0. The average Bonchev–Trinajstić information content (AvgIpc) is 3.06. The summed E-state index contributed by atoms with van der Waals surface area (Å²) in [5.74, 6) is 0. The number of aromatic amines is 1. The van der Waals surface area contributed by atoms with Crippen LogP contribution >= 0.6 is 0 Å². The van der Waals surface area contributed by atoms with Crippen molar-refractivity contribution in [2.45, 2.75) is 6.92 Å². The van der Waals surface area contributed by atoms with Crippen molar-refractivity contribution in [3.05, 3.63) is 96.6 Å². The number of benzene rings is 4. The standard InChI is InChI=1S/C25H19N/c1-17-7-5-10-20(15-17)21-11-6-12-22-23-16-19(18-8-3-2-4-9-18)13-14-24(23)26-25(21)22/h2-16,26H,1H3. The van der Waals surface area contributed by atoms with E-state index in [2.05, 4.69) is 103 Å². The highest BCUT2D eigenvalue weighted by Gasteiger charge is 2.10. The van der Waals surface area contributed by atoms with E-state index in [0.717, 1.165) is 0 Å². The Morgan fingerprint density at radius 2 is 1.38 bits per heavy atom. The van der Waals surface area contributed by atoms with Gasteiger partial charge in [-0.3, -0.25) is 0 Å². The number of rotatable bonds is 2. The SMILES string of the molecule is Cc1cccc(-c2cccc3c2[nH]c2ccc(-c4ccccc4)cc23)c1. The van der Waals surface area contributed by atoms with Gasteiger partial charge in [-0.2, -0.15) is 0 Å². The molecule has 0 atom stereocenters. The van der Waals surface area contributed by atoms with Crippen molar-refractivity contribution in [2.75, 3.05) is 0 Å². The zero-order valence-corrected chi connectivity index (χ0v) is 14.7. The van der Waals surface area contributed by atoms with Gasteiger partial charge in [0, 0.05) is 21.9 Å². The zero-order chi connectivity index (χ0) is 17.5. The van der Waals surface area contributed by atoms with E-state index in [0.29, 0.717) is 0 Å². The predicted octanol–water partition coefficient (Wildman–Crippen LogP) is 6.96. The lowest BCUT2D eigenvalue weighted by atomic mass is 9.99. The molecule has 4 aromatic carbocycles. The maximum absolute atomic E-state index is 3.64. The van der Waals surface area contributed by atoms with Crippen LogP contribution in [0.4, 0.5) is 0 Å². The average molecular weight is 333 g/mol. The number of nitrogens with one attached hydrogen (secondary N) is 1. The molecule has 26 heavy (non-hydrogen) atoms. The Bertz CT molecular complexity index is 1230. The van der Waals surface area contributed by atoms with Crippen molar-refractivity contribution in [3.63, 3.8) is 0 Å². The number of aryl methyl sites for hydroxylation is 1. The van der Waals surface area contributed by atoms with E-state index in [1.165, 1.54) is 49.6 Å². The van der Waals surface area contributed by atoms with Crippen LogP contribution in [0.1, 0.15) is 5.56 Å². The number of hydrogen-bond donors (Lipinski definition) is 1. The van der Waals surface area contributed by atoms with E-state index in [1.807, 2.05) is 0 Å². The van der Waals surface area contributed by atoms with Crippen LogP contribution in [0.25, 0.3) is 44.1 Å². The van der Waals surface area contributed by atoms with Gasteiger partial charge in [-0.25, -0.2) is 0 Å². The molecular weight excluding hydrogens is 314 g/mol. The quantitative estimate of drug-likeness (QED) is 0.359. The first-order valence-corrected chi connectivity index (χ1v) is 8.96. The highest BCUT2D eigenvalue weighted by molar-refractivity contribution is 6.12. The molecule has 0 radical (unpaired) electrons. The lowest BCUT2D eigenvalue weighted by Gasteiger charge is -2.05. The summed E-state index contributed by atoms with van der Waals surface area (Å²) in [4.78, 5) is 3.64. The fraction of sp³-hybridized carbons (Fsp3) is 0.0400. The van der Waals surface area contributed by atoms with Gasteiger partial charge >= 0.3 is 0 Å². The second-order valence-electron chi connectivity index (χ2n) is 6.85. The Hall–Kier alpha value is -3.32. The molecule has 5 aromatic rings. The fourth-order valence-electron chi connectivity index (χ4n) is 3.79. The summed E-state index contributed by atoms with van der Waals surface area (Å²) in [6, 6.07) is 32.5. The molecule has 0 saturated heterocycles. The minimum Gasteiger partial charge on any atom is -0.354 e. The molecule has 0 aliphatic carbocycles. The zero-order valence-electron chi connectivity index (χ0n) is 14.7. The maximum Gasteiger partial charge on any atom is 0.0544 e. The van der Waals surface area contributed by atoms with Gasteiger partial charge in [-0.05, 0) is 35.7 Å². The van der Waals surface area contributed by atoms with Crippen LogP contribution in [0.3, 0.4) is 0 Å². The molecule has 0 spiro atoms. The van der Waals surface area contributed by atoms with Gasteiger partial charge in [0.2, 0.25) is 0 Å². The van der Waals surface area contributed by atoms with Crippen LogP contribution in [-0.2, 0) is 0 Å². The predicted molar refractivity (Wildman–Crippen MR) is 111 cm³/mol. The molecule has 1 heterocycles. The third-order valence-corrected chi connectivity index (χ3v) is 5.07. The van der Waals surface area contributed by atoms with Crippen LogP contribution in [0, 0.1) is 6.92 Å². The van der Waals surface area contributed by atoms with Gasteiger partial charge in [0.05, 0.1) is 5.52 Å². The Kier molecular flexibility index (Phi) is 3.39. The minimum absolute atomic E-state index is 1.18. The van der Waals surface area contributed by atoms with E-state index >= 15 is 0 Å². The molecule has 0 amide bonds. The lowest BCUT2D eigenvalue weighted by Crippen LogP contribution is -1.81. The van der Waals surface area contributed by atoms with E-state index in [9.17, 15) is 0 Å². The van der Waals surface area contributed by atoms with Crippen LogP contribution < -0.4 is 0 Å². The number of H-pyrrole nitrogens is 1. The highest BCUT2D eigenvalue weighted by Crippen LogP contribution is 2.35. The lowest BCUT2D eigenvalue weighted by molar-refractivity contribution is 1.46. The van der Waals surface area contributed by atoms with E-state index in [1.54, 1.807) is 0 Å². The van der Waals surface area contributed by atoms with E-state index in [-0.39, 0.29) is 0 Å². The van der Waals surface area contributed by atoms with Crippen LogP contribution in [0.15, 0.2) is 91.0 Å². The summed E-state index contributed by atoms with van der Waals surface area (Å²) in [6.45, 7) is 2.14. The Balaban J connectivity index is 1.76. The highest BCUT2D eigenvalue weighted by atomic mass is 14.7. The molecule has 0 saturated carbocycles. The molecule has 1 nitrogen and oxygen atoms in total. The van der Waals surface area contributed by atoms with Gasteiger partial charge in [-0.1, -0.05) is 84.4 Å². The molecule has 0 fully saturated rings. The summed E-state index contributed by atoms with van der Waals surface area (Å²) in [5, 5.41) is 2.55. The molecule has 1 N–H and O–H groups in total. The third-order valence-electron chi connectivity index (χ3n) is 5.07. The van der Waals surface area contributed by atoms with Gasteiger partial charge in [-0.15, -0.1) is 0 Å². The van der Waals surface area contributed by atoms with Crippen LogP contribution in [-0.4, -0.2) is 4.98 Å². The van der Waals surface area contributed by atoms with Crippen molar-refractivity contribution in [1.82, 2.24) is 4.98 Å². The first-order valence-electron chi connectivity index (χ1n) is 8.96. The van der Waals surface area contributed by atoms with Crippen molar-refractivity contribution in [1.29, 1.82) is 0 Å². The van der Waals surface area contributed by atoms with Crippen molar-refractivity contribution in [2.24, 2.45) is 0 Å². The topological polar surface area (TPSA) is 15.8 Å². The molecule has 0 aliphatic rings. The number of fused-ring (bicyclic) bond motifs is 3. The Morgan fingerprint density at radius 3 is 2.23 bits per heavy atom. The summed E-state index contributed by atoms with van der Waals surface area (Å²) in [5.41, 5.74) is 8.67. The first kappa shape index (κ1) is 15.0. The maximum atomic E-state index is 3.64. The summed E-state index contributed by atoms with van der Waals surface area (Å²) >= 11 is 0. The third kappa shape index (κ3) is 2.41. The molecule has 5 rings (SSSR count). The molecule has 1 aromatic heterocycles. The van der Waals surface area contributed by atoms with Gasteiger partial charge in [0.1, 0.15) is 0 Å². The molecule has 0 aliphatic heterocycles. The minimum atomic E-state index is 1.18. The second kappa shape index (κ2) is 5.89. The summed E-state index contributed by atoms with van der Waals surface area (Å²) in [6.07, 6.45) is 0. The van der Waals surface area contributed by atoms with Crippen LogP contribution in [0.5, 0.6) is 0 Å². The van der Waals surface area contributed by atoms with Crippen molar-refractivity contribution >= 4 is 21.8 Å². The Morgan fingerprint density at radius 1 is 0.577 bits per heavy atom. The molecular formula is C25H19N. The first-order chi connectivity index (χ1) is 12.8. The normalized spacial score (nSPS) is 11.3. The van der Waals surface area contributed by atoms with Crippen molar-refractivity contribution < 1.29 is 0 Å². The second-order valence-corrected chi connectivity index (χ2v) is 6.85. The molecule has 1 heteroatoms. The van der Waals surface area contributed by atoms with Gasteiger partial charge < -0.3 is 4.98 Å². The van der Waals surface area contributed by atoms with E-state index < -0.39 is 0 Å². The molecule has 124 valence electrons. The number of aromatic nitrogens is 1. The fourth-order valence-corrected chi connectivity index (χ4v) is 3.79. The largest absolute Gasteiger partial charge is 0.354 e. The number of para-hydroxylation sites is 1. The summed E-state index contributed by atoms with van der Waals surface area (Å²) < 4.78 is 0. The molecule has 0 bridgehead atoms. The molecule has 0 unspecified atom stereocenters. The smallest absolute Gasteiger partial charge is 0.0544 e. The Labute approximate surface area is 152 Å². The van der Waals surface area contributed by atoms with Crippen LogP contribution in [0.2, 0.25) is 0 Å². The van der Waals surface area contributed by atoms with Gasteiger partial charge in [0.25, 0.3) is 0 Å². The van der Waals surface area contributed by atoms with Gasteiger partial charge in [0.15, 0.2) is 0 Å². The number of hydrogen-bond acceptors (Lipinski definition) is 0. The van der Waals surface area contributed by atoms with E-state index in [4.69, 9.17) is 0 Å². The van der Waals surface area contributed by atoms with Crippen molar-refractivity contribution in [3.8, 4) is 22.3 Å². The monoisotopic (exact) mass is 333 g/mol.